The standard InChI is InChI=1S/C52H89ClN12O18/c1-5-7-8-9-10-11-12-13-14-17-30(68)25-38(70)57-36-27-83-52(82)40(37(69)26-53)64-50(79)41(42(71)51(80)81)65-43(72)31(6-2)58-49(78)39(29(4)67)63-46(75)34(20-23-56)60-44(73)32(18-15-16-21-54)59-47(76)35(24-28(3)66)62-45(74)33(19-22-55)61-48(36)77/h6,29-30,32-37,39-42,67-69,71H,5,7-27,54-56H2,1-4H3,(H,57,70)(H,58,78)(H,59,76)(H,60,73)(H,61,77)(H,62,74)(H,63,75)(H,64,79)(H,65,72)(H,80,81)/b31-6+/t29-,30-,32-,33+,34-,35-,36-,37+,39-,40-,41-,42?/m0/s1. The minimum Gasteiger partial charge on any atom is -0.479 e. The van der Waals surface area contributed by atoms with Crippen LogP contribution in [0.25, 0.3) is 0 Å². The summed E-state index contributed by atoms with van der Waals surface area (Å²) in [7, 11) is 0. The summed E-state index contributed by atoms with van der Waals surface area (Å²) in [6, 6.07) is -15.3. The van der Waals surface area contributed by atoms with Crippen molar-refractivity contribution < 1.29 is 87.8 Å². The predicted molar refractivity (Wildman–Crippen MR) is 298 cm³/mol. The van der Waals surface area contributed by atoms with Gasteiger partial charge in [-0.05, 0) is 78.9 Å². The average Bonchev–Trinajstić information content (AvgIpc) is 3.52. The average molecular weight is 1210 g/mol. The number of nitrogens with two attached hydrogens (primary N) is 3. The van der Waals surface area contributed by atoms with E-state index < -0.39 is 175 Å². The monoisotopic (exact) mass is 1200 g/mol. The Labute approximate surface area is 487 Å². The zero-order valence-corrected chi connectivity index (χ0v) is 48.5. The number of Topliss-reactive ketones (excluding diaryl/α,β-unsaturated/α-hetero) is 1. The van der Waals surface area contributed by atoms with E-state index in [0.29, 0.717) is 12.8 Å². The van der Waals surface area contributed by atoms with E-state index in [1.807, 2.05) is 10.6 Å². The molecule has 1 heterocycles. The molecule has 83 heavy (non-hydrogen) atoms. The van der Waals surface area contributed by atoms with Gasteiger partial charge in [-0.1, -0.05) is 70.8 Å². The molecule has 30 nitrogen and oxygen atoms in total. The van der Waals surface area contributed by atoms with Crippen molar-refractivity contribution in [3.8, 4) is 0 Å². The Hall–Kier alpha value is -6.41. The molecule has 20 N–H and O–H groups in total. The third-order valence-electron chi connectivity index (χ3n) is 13.1. The fourth-order valence-electron chi connectivity index (χ4n) is 8.34. The topological polar surface area (TPSA) is 502 Å². The highest BCUT2D eigenvalue weighted by atomic mass is 35.5. The van der Waals surface area contributed by atoms with Crippen LogP contribution in [0.3, 0.4) is 0 Å². The molecule has 0 spiro atoms. The normalized spacial score (nSPS) is 24.5. The predicted octanol–water partition coefficient (Wildman–Crippen LogP) is -4.65. The minimum atomic E-state index is -2.82. The van der Waals surface area contributed by atoms with Crippen molar-refractivity contribution in [2.75, 3.05) is 32.1 Å². The molecule has 1 fully saturated rings. The van der Waals surface area contributed by atoms with Crippen molar-refractivity contribution in [1.29, 1.82) is 0 Å². The minimum absolute atomic E-state index is 0.128. The second kappa shape index (κ2) is 40.7. The number of hydrogen-bond donors (Lipinski definition) is 17. The van der Waals surface area contributed by atoms with Gasteiger partial charge < -0.3 is 95.3 Å². The second-order valence-corrected chi connectivity index (χ2v) is 20.5. The molecule has 0 aromatic carbocycles. The Morgan fingerprint density at radius 1 is 0.639 bits per heavy atom. The van der Waals surface area contributed by atoms with Gasteiger partial charge in [-0.3, -0.25) is 47.9 Å². The zero-order chi connectivity index (χ0) is 62.8. The molecule has 0 aromatic heterocycles. The van der Waals surface area contributed by atoms with Crippen LogP contribution in [0.15, 0.2) is 11.8 Å². The zero-order valence-electron chi connectivity index (χ0n) is 47.7. The molecule has 12 atom stereocenters. The molecule has 0 aliphatic carbocycles. The highest BCUT2D eigenvalue weighted by Crippen LogP contribution is 2.14. The third-order valence-corrected chi connectivity index (χ3v) is 13.4. The van der Waals surface area contributed by atoms with Crippen molar-refractivity contribution in [2.24, 2.45) is 17.2 Å². The molecule has 0 radical (unpaired) electrons. The SMILES string of the molecule is C/C=C1/NC(=O)[C@H]([C@H](C)O)NC(=O)[C@H](CCN)NC(=O)[C@H](CCCCN)NC(=O)[C@H](CC(C)=O)NC(=O)[C@@H](CCN)NC(=O)[C@@H](NC(=O)C[C@@H](O)CCCCCCCCCCC)COC(=O)[C@H]([C@H](O)CCl)NC(=O)[C@H](C(O)C(=O)O)NC1=O. The van der Waals surface area contributed by atoms with Gasteiger partial charge in [-0.15, -0.1) is 11.6 Å². The molecular formula is C52H89ClN12O18. The van der Waals surface area contributed by atoms with E-state index in [2.05, 4.69) is 44.1 Å². The number of aliphatic hydroxyl groups excluding tert-OH is 4. The van der Waals surface area contributed by atoms with E-state index in [1.165, 1.54) is 6.92 Å². The lowest BCUT2D eigenvalue weighted by Crippen LogP contribution is -2.62. The molecule has 9 amide bonds. The van der Waals surface area contributed by atoms with Gasteiger partial charge in [0.1, 0.15) is 60.4 Å². The van der Waals surface area contributed by atoms with Gasteiger partial charge in [0.2, 0.25) is 47.3 Å². The highest BCUT2D eigenvalue weighted by Gasteiger charge is 2.41. The van der Waals surface area contributed by atoms with E-state index in [0.717, 1.165) is 71.3 Å². The Morgan fingerprint density at radius 2 is 1.14 bits per heavy atom. The largest absolute Gasteiger partial charge is 0.479 e. The van der Waals surface area contributed by atoms with Crippen molar-refractivity contribution in [3.05, 3.63) is 11.8 Å². The Morgan fingerprint density at radius 3 is 1.65 bits per heavy atom. The quantitative estimate of drug-likeness (QED) is 0.0152. The van der Waals surface area contributed by atoms with Gasteiger partial charge in [0.05, 0.1) is 30.6 Å². The molecule has 0 bridgehead atoms. The van der Waals surface area contributed by atoms with Crippen LogP contribution in [0.4, 0.5) is 0 Å². The smallest absolute Gasteiger partial charge is 0.335 e. The molecular weight excluding hydrogens is 1120 g/mol. The Kier molecular flexibility index (Phi) is 36.6. The third kappa shape index (κ3) is 28.2. The molecule has 472 valence electrons. The van der Waals surface area contributed by atoms with Crippen molar-refractivity contribution in [1.82, 2.24) is 47.9 Å². The van der Waals surface area contributed by atoms with Crippen LogP contribution in [-0.2, 0) is 62.3 Å². The van der Waals surface area contributed by atoms with Crippen LogP contribution >= 0.6 is 11.6 Å². The summed E-state index contributed by atoms with van der Waals surface area (Å²) in [4.78, 5) is 163. The number of allylic oxidation sites excluding steroid dienone is 1. The first kappa shape index (κ1) is 74.6. The molecule has 1 rings (SSSR count). The van der Waals surface area contributed by atoms with E-state index in [-0.39, 0.29) is 51.7 Å². The molecule has 1 aliphatic heterocycles. The number of hydrogen-bond acceptors (Lipinski definition) is 20. The van der Waals surface area contributed by atoms with Crippen LogP contribution in [0, 0.1) is 0 Å². The maximum atomic E-state index is 14.2. The maximum Gasteiger partial charge on any atom is 0.335 e. The summed E-state index contributed by atoms with van der Waals surface area (Å²) < 4.78 is 5.30. The number of amides is 9. The number of cyclic esters (lactones) is 1. The van der Waals surface area contributed by atoms with Gasteiger partial charge in [-0.25, -0.2) is 9.59 Å². The molecule has 1 aliphatic rings. The first-order chi connectivity index (χ1) is 39.3. The number of halogens is 1. The number of nitrogens with one attached hydrogen (secondary N) is 9. The number of unbranched alkanes of at least 4 members (excludes halogenated alkanes) is 9. The van der Waals surface area contributed by atoms with Crippen LogP contribution in [0.5, 0.6) is 0 Å². The lowest BCUT2D eigenvalue weighted by Gasteiger charge is -2.28. The number of rotatable bonds is 28. The summed E-state index contributed by atoms with van der Waals surface area (Å²) in [5, 5.41) is 72.9. The van der Waals surface area contributed by atoms with Gasteiger partial charge in [-0.2, -0.15) is 0 Å². The van der Waals surface area contributed by atoms with Gasteiger partial charge >= 0.3 is 11.9 Å². The Bertz CT molecular complexity index is 2190. The number of carboxylic acid groups (broad SMARTS) is 1. The number of ketones is 1. The number of aliphatic carboxylic acids is 1. The number of carboxylic acids is 1. The van der Waals surface area contributed by atoms with E-state index in [4.69, 9.17) is 33.5 Å². The number of carbonyl (C=O) groups excluding carboxylic acids is 11. The van der Waals surface area contributed by atoms with E-state index >= 15 is 0 Å². The molecule has 1 unspecified atom stereocenters. The van der Waals surface area contributed by atoms with Crippen LogP contribution in [-0.4, -0.2) is 201 Å². The van der Waals surface area contributed by atoms with Crippen molar-refractivity contribution >= 4 is 82.5 Å². The van der Waals surface area contributed by atoms with Crippen LogP contribution < -0.4 is 65.1 Å². The van der Waals surface area contributed by atoms with Gasteiger partial charge in [0.25, 0.3) is 5.91 Å². The van der Waals surface area contributed by atoms with Crippen LogP contribution in [0.1, 0.15) is 137 Å². The van der Waals surface area contributed by atoms with Crippen LogP contribution in [0.2, 0.25) is 0 Å². The summed E-state index contributed by atoms with van der Waals surface area (Å²) in [6.45, 7) is 3.89. The molecule has 0 saturated carbocycles. The first-order valence-electron chi connectivity index (χ1n) is 28.0. The number of esters is 1. The fourth-order valence-corrected chi connectivity index (χ4v) is 8.52. The summed E-state index contributed by atoms with van der Waals surface area (Å²) in [5.74, 6) is -16.2. The molecule has 1 saturated heterocycles. The molecule has 0 aromatic rings. The summed E-state index contributed by atoms with van der Waals surface area (Å²) in [6.07, 6.45) is 0.555. The highest BCUT2D eigenvalue weighted by molar-refractivity contribution is 6.18. The van der Waals surface area contributed by atoms with Crippen molar-refractivity contribution in [3.63, 3.8) is 0 Å². The number of ether oxygens (including phenoxy) is 1. The van der Waals surface area contributed by atoms with E-state index in [1.54, 1.807) is 0 Å². The number of aliphatic hydroxyl groups is 4. The first-order valence-corrected chi connectivity index (χ1v) is 28.5. The Balaban J connectivity index is 4.01. The van der Waals surface area contributed by atoms with Gasteiger partial charge in [0.15, 0.2) is 12.1 Å². The summed E-state index contributed by atoms with van der Waals surface area (Å²) in [5.41, 5.74) is 16.5. The maximum absolute atomic E-state index is 14.2. The summed E-state index contributed by atoms with van der Waals surface area (Å²) >= 11 is 5.87. The molecule has 31 heteroatoms. The number of carbonyl (C=O) groups is 12. The van der Waals surface area contributed by atoms with Gasteiger partial charge in [0, 0.05) is 6.42 Å². The van der Waals surface area contributed by atoms with E-state index in [9.17, 15) is 83.1 Å². The lowest BCUT2D eigenvalue weighted by molar-refractivity contribution is -0.155. The number of alkyl halides is 1. The fraction of sp³-hybridized carbons (Fsp3) is 0.731. The second-order valence-electron chi connectivity index (χ2n) is 20.2. The van der Waals surface area contributed by atoms with Crippen molar-refractivity contribution in [2.45, 2.75) is 210 Å². The lowest BCUT2D eigenvalue weighted by atomic mass is 10.0.